The summed E-state index contributed by atoms with van der Waals surface area (Å²) in [5, 5.41) is 0. The minimum Gasteiger partial charge on any atom is -0.387 e. The van der Waals surface area contributed by atoms with Gasteiger partial charge in [0.2, 0.25) is 0 Å². The second-order valence-corrected chi connectivity index (χ2v) is 6.83. The lowest BCUT2D eigenvalue weighted by molar-refractivity contribution is 0.531. The van der Waals surface area contributed by atoms with Crippen LogP contribution in [0.2, 0.25) is 0 Å². The second kappa shape index (κ2) is 2.95. The average Bonchev–Trinajstić information content (AvgIpc) is 2.79. The summed E-state index contributed by atoms with van der Waals surface area (Å²) in [5.74, 6) is 1.50. The van der Waals surface area contributed by atoms with Crippen molar-refractivity contribution >= 4 is 15.7 Å². The van der Waals surface area contributed by atoms with Gasteiger partial charge in [-0.1, -0.05) is 0 Å². The molecule has 0 aromatic heterocycles. The fourth-order valence-electron chi connectivity index (χ4n) is 1.86. The smallest absolute Gasteiger partial charge is 0.152 e. The van der Waals surface area contributed by atoms with Gasteiger partial charge in [-0.15, -0.1) is 0 Å². The predicted molar refractivity (Wildman–Crippen MR) is 56.0 cm³/mol. The Morgan fingerprint density at radius 2 is 2.14 bits per heavy atom. The van der Waals surface area contributed by atoms with Gasteiger partial charge in [0.1, 0.15) is 0 Å². The molecule has 1 atom stereocenters. The summed E-state index contributed by atoms with van der Waals surface area (Å²) in [6, 6.07) is 0. The Kier molecular flexibility index (Phi) is 2.10. The van der Waals surface area contributed by atoms with Crippen LogP contribution in [-0.4, -0.2) is 31.3 Å². The van der Waals surface area contributed by atoms with Crippen molar-refractivity contribution in [3.05, 3.63) is 0 Å². The number of nitrogens with two attached hydrogens (primary N) is 1. The van der Waals surface area contributed by atoms with Gasteiger partial charge in [0, 0.05) is 5.92 Å². The maximum atomic E-state index is 11.3. The third-order valence-corrected chi connectivity index (χ3v) is 4.77. The molecule has 5 heteroatoms. The molecule has 1 unspecified atom stereocenters. The zero-order valence-electron chi connectivity index (χ0n) is 8.36. The van der Waals surface area contributed by atoms with Crippen LogP contribution in [0.25, 0.3) is 0 Å². The van der Waals surface area contributed by atoms with Gasteiger partial charge in [-0.3, -0.25) is 4.99 Å². The van der Waals surface area contributed by atoms with E-state index < -0.39 is 15.4 Å². The van der Waals surface area contributed by atoms with E-state index in [0.29, 0.717) is 18.2 Å². The molecule has 1 aliphatic carbocycles. The Morgan fingerprint density at radius 1 is 1.50 bits per heavy atom. The van der Waals surface area contributed by atoms with Crippen LogP contribution >= 0.6 is 0 Å². The normalized spacial score (nSPS) is 37.4. The molecule has 0 aromatic carbocycles. The summed E-state index contributed by atoms with van der Waals surface area (Å²) in [5.41, 5.74) is 5.33. The molecule has 4 nitrogen and oxygen atoms in total. The molecule has 0 aromatic rings. The third-order valence-electron chi connectivity index (χ3n) is 2.88. The number of rotatable bonds is 2. The van der Waals surface area contributed by atoms with Crippen LogP contribution in [0.3, 0.4) is 0 Å². The van der Waals surface area contributed by atoms with Gasteiger partial charge in [0.05, 0.1) is 22.9 Å². The van der Waals surface area contributed by atoms with Crippen LogP contribution in [0.4, 0.5) is 0 Å². The van der Waals surface area contributed by atoms with Gasteiger partial charge in [-0.2, -0.15) is 0 Å². The van der Waals surface area contributed by atoms with Crippen LogP contribution < -0.4 is 5.73 Å². The number of amidine groups is 1. The monoisotopic (exact) mass is 216 g/mol. The minimum atomic E-state index is -2.87. The van der Waals surface area contributed by atoms with Crippen molar-refractivity contribution in [1.29, 1.82) is 0 Å². The number of hydrogen-bond donors (Lipinski definition) is 1. The van der Waals surface area contributed by atoms with Crippen molar-refractivity contribution in [2.24, 2.45) is 16.6 Å². The van der Waals surface area contributed by atoms with E-state index in [-0.39, 0.29) is 11.5 Å². The Bertz CT molecular complexity index is 370. The highest BCUT2D eigenvalue weighted by Gasteiger charge is 2.39. The molecule has 1 aliphatic heterocycles. The Balaban J connectivity index is 2.14. The highest BCUT2D eigenvalue weighted by Crippen LogP contribution is 2.32. The van der Waals surface area contributed by atoms with Gasteiger partial charge in [-0.25, -0.2) is 8.42 Å². The maximum absolute atomic E-state index is 11.3. The van der Waals surface area contributed by atoms with E-state index in [2.05, 4.69) is 4.99 Å². The first-order valence-corrected chi connectivity index (χ1v) is 6.78. The van der Waals surface area contributed by atoms with E-state index in [1.165, 1.54) is 0 Å². The Labute approximate surface area is 84.5 Å². The highest BCUT2D eigenvalue weighted by atomic mass is 32.2. The number of aliphatic imine (C=N–C) groups is 1. The molecule has 1 heterocycles. The number of hydrogen-bond acceptors (Lipinski definition) is 3. The van der Waals surface area contributed by atoms with E-state index >= 15 is 0 Å². The van der Waals surface area contributed by atoms with Crippen molar-refractivity contribution in [3.8, 4) is 0 Å². The van der Waals surface area contributed by atoms with E-state index in [4.69, 9.17) is 5.73 Å². The Hall–Kier alpha value is -0.580. The van der Waals surface area contributed by atoms with Crippen molar-refractivity contribution < 1.29 is 8.42 Å². The SMILES string of the molecule is CC1(N=C(N)C2CC2)CCS(=O)(=O)C1. The predicted octanol–water partition coefficient (Wildman–Crippen LogP) is 0.331. The largest absolute Gasteiger partial charge is 0.387 e. The zero-order chi connectivity index (χ0) is 10.4. The van der Waals surface area contributed by atoms with Crippen LogP contribution in [0.5, 0.6) is 0 Å². The molecular formula is C9H16N2O2S. The average molecular weight is 216 g/mol. The lowest BCUT2D eigenvalue weighted by Crippen LogP contribution is -2.28. The molecule has 80 valence electrons. The number of nitrogens with zero attached hydrogens (tertiary/aromatic N) is 1. The van der Waals surface area contributed by atoms with Crippen LogP contribution in [0.1, 0.15) is 26.2 Å². The fourth-order valence-corrected chi connectivity index (χ4v) is 3.92. The fraction of sp³-hybridized carbons (Fsp3) is 0.889. The van der Waals surface area contributed by atoms with Gasteiger partial charge < -0.3 is 5.73 Å². The third kappa shape index (κ3) is 2.08. The van der Waals surface area contributed by atoms with Crippen molar-refractivity contribution in [2.75, 3.05) is 11.5 Å². The second-order valence-electron chi connectivity index (χ2n) is 4.65. The van der Waals surface area contributed by atoms with Gasteiger partial charge in [0.25, 0.3) is 0 Å². The lowest BCUT2D eigenvalue weighted by Gasteiger charge is -2.17. The first-order valence-electron chi connectivity index (χ1n) is 4.96. The van der Waals surface area contributed by atoms with Crippen LogP contribution in [0, 0.1) is 5.92 Å². The molecule has 2 fully saturated rings. The topological polar surface area (TPSA) is 72.5 Å². The first kappa shape index (κ1) is 9.96. The molecule has 2 rings (SSSR count). The van der Waals surface area contributed by atoms with Crippen molar-refractivity contribution in [3.63, 3.8) is 0 Å². The summed E-state index contributed by atoms with van der Waals surface area (Å²) in [6.07, 6.45) is 2.83. The van der Waals surface area contributed by atoms with Gasteiger partial charge in [-0.05, 0) is 26.2 Å². The lowest BCUT2D eigenvalue weighted by atomic mass is 10.0. The molecule has 1 saturated heterocycles. The summed E-state index contributed by atoms with van der Waals surface area (Å²) >= 11 is 0. The van der Waals surface area contributed by atoms with Gasteiger partial charge >= 0.3 is 0 Å². The molecule has 14 heavy (non-hydrogen) atoms. The van der Waals surface area contributed by atoms with Crippen molar-refractivity contribution in [1.82, 2.24) is 0 Å². The molecular weight excluding hydrogens is 200 g/mol. The Morgan fingerprint density at radius 3 is 2.57 bits per heavy atom. The quantitative estimate of drug-likeness (QED) is 0.534. The molecule has 0 radical (unpaired) electrons. The van der Waals surface area contributed by atoms with Gasteiger partial charge in [0.15, 0.2) is 9.84 Å². The van der Waals surface area contributed by atoms with Crippen LogP contribution in [-0.2, 0) is 9.84 Å². The van der Waals surface area contributed by atoms with E-state index in [9.17, 15) is 8.42 Å². The molecule has 0 spiro atoms. The van der Waals surface area contributed by atoms with E-state index in [1.807, 2.05) is 6.92 Å². The zero-order valence-corrected chi connectivity index (χ0v) is 9.18. The van der Waals surface area contributed by atoms with Crippen LogP contribution in [0.15, 0.2) is 4.99 Å². The van der Waals surface area contributed by atoms with E-state index in [0.717, 1.165) is 12.8 Å². The van der Waals surface area contributed by atoms with Crippen molar-refractivity contribution in [2.45, 2.75) is 31.7 Å². The highest BCUT2D eigenvalue weighted by molar-refractivity contribution is 7.91. The molecule has 1 saturated carbocycles. The molecule has 0 bridgehead atoms. The summed E-state index contributed by atoms with van der Waals surface area (Å²) in [6.45, 7) is 1.88. The first-order chi connectivity index (χ1) is 6.40. The molecule has 2 aliphatic rings. The van der Waals surface area contributed by atoms with E-state index in [1.54, 1.807) is 0 Å². The standard InChI is InChI=1S/C9H16N2O2S/c1-9(4-5-14(12,13)6-9)11-8(10)7-2-3-7/h7H,2-6H2,1H3,(H2,10,11). The summed E-state index contributed by atoms with van der Waals surface area (Å²) < 4.78 is 22.6. The maximum Gasteiger partial charge on any atom is 0.152 e. The summed E-state index contributed by atoms with van der Waals surface area (Å²) in [7, 11) is -2.87. The summed E-state index contributed by atoms with van der Waals surface area (Å²) in [4.78, 5) is 4.38. The number of sulfone groups is 1. The minimum absolute atomic E-state index is 0.160. The molecule has 2 N–H and O–H groups in total. The molecule has 0 amide bonds.